The zero-order valence-electron chi connectivity index (χ0n) is 25.5. The predicted molar refractivity (Wildman–Crippen MR) is 165 cm³/mol. The highest BCUT2D eigenvalue weighted by Crippen LogP contribution is 2.29. The number of halogens is 3. The molecule has 1 amide bonds. The molecule has 6 nitrogen and oxygen atoms in total. The normalized spacial score (nSPS) is 12.5. The summed E-state index contributed by atoms with van der Waals surface area (Å²) >= 11 is 0. The molecule has 0 radical (unpaired) electrons. The fourth-order valence-electron chi connectivity index (χ4n) is 4.70. The molecule has 1 aromatic heterocycles. The molecule has 0 aliphatic carbocycles. The van der Waals surface area contributed by atoms with E-state index in [1.165, 1.54) is 16.7 Å². The number of carbonyl (C=O) groups is 1. The van der Waals surface area contributed by atoms with Crippen LogP contribution in [-0.4, -0.2) is 40.1 Å². The van der Waals surface area contributed by atoms with Crippen LogP contribution in [0.4, 0.5) is 13.2 Å². The number of amides is 1. The molecule has 1 unspecified atom stereocenters. The van der Waals surface area contributed by atoms with Crippen LogP contribution >= 0.6 is 0 Å². The lowest BCUT2D eigenvalue weighted by Crippen LogP contribution is -2.40. The van der Waals surface area contributed by atoms with Gasteiger partial charge in [-0.05, 0) is 88.7 Å². The van der Waals surface area contributed by atoms with E-state index < -0.39 is 17.8 Å². The summed E-state index contributed by atoms with van der Waals surface area (Å²) in [6, 6.07) is 18.2. The quantitative estimate of drug-likeness (QED) is 0.153. The molecule has 0 spiro atoms. The molecule has 0 saturated carbocycles. The molecule has 1 heterocycles. The molecule has 230 valence electrons. The van der Waals surface area contributed by atoms with E-state index in [1.807, 2.05) is 39.8 Å². The lowest BCUT2D eigenvalue weighted by Gasteiger charge is -2.30. The van der Waals surface area contributed by atoms with Gasteiger partial charge in [-0.3, -0.25) is 14.2 Å². The van der Waals surface area contributed by atoms with Crippen molar-refractivity contribution in [3.8, 4) is 17.5 Å². The number of carbonyl (C=O) groups excluding carboxylic acids is 1. The van der Waals surface area contributed by atoms with Crippen molar-refractivity contribution in [1.29, 1.82) is 0 Å². The Morgan fingerprint density at radius 1 is 1.00 bits per heavy atom. The maximum atomic E-state index is 13.9. The van der Waals surface area contributed by atoms with E-state index in [4.69, 9.17) is 9.72 Å². The van der Waals surface area contributed by atoms with Gasteiger partial charge in [0.15, 0.2) is 0 Å². The monoisotopic (exact) mass is 603 g/mol. The Kier molecular flexibility index (Phi) is 9.95. The highest BCUT2D eigenvalue weighted by Gasteiger charge is 2.31. The van der Waals surface area contributed by atoms with Gasteiger partial charge in [-0.15, -0.1) is 0 Å². The highest BCUT2D eigenvalue weighted by molar-refractivity contribution is 5.80. The number of alkyl halides is 3. The third-order valence-corrected chi connectivity index (χ3v) is 6.99. The van der Waals surface area contributed by atoms with Gasteiger partial charge < -0.3 is 9.64 Å². The third kappa shape index (κ3) is 7.94. The summed E-state index contributed by atoms with van der Waals surface area (Å²) in [6.07, 6.45) is -4.60. The van der Waals surface area contributed by atoms with Gasteiger partial charge in [-0.1, -0.05) is 36.1 Å². The SMILES string of the molecule is CCOCCN(C(=O)Cc1ccc(C(F)(F)F)cc1)C(C)c1nc2ccccc2c(=O)n1-c1ccc(C#CC(C)(C)C)cc1. The van der Waals surface area contributed by atoms with Crippen molar-refractivity contribution in [3.05, 3.63) is 106 Å². The molecular weight excluding hydrogens is 567 g/mol. The van der Waals surface area contributed by atoms with Crippen LogP contribution in [0.15, 0.2) is 77.6 Å². The van der Waals surface area contributed by atoms with Gasteiger partial charge in [0.1, 0.15) is 5.82 Å². The molecule has 0 aliphatic rings. The maximum absolute atomic E-state index is 13.9. The van der Waals surface area contributed by atoms with E-state index >= 15 is 0 Å². The van der Waals surface area contributed by atoms with Crippen LogP contribution in [0.2, 0.25) is 0 Å². The van der Waals surface area contributed by atoms with Gasteiger partial charge in [0.05, 0.1) is 41.2 Å². The minimum atomic E-state index is -4.47. The highest BCUT2D eigenvalue weighted by atomic mass is 19.4. The molecule has 4 rings (SSSR count). The molecule has 4 aromatic rings. The van der Waals surface area contributed by atoms with E-state index in [1.54, 1.807) is 48.2 Å². The number of hydrogen-bond donors (Lipinski definition) is 0. The Morgan fingerprint density at radius 3 is 2.27 bits per heavy atom. The first-order chi connectivity index (χ1) is 20.8. The molecule has 3 aromatic carbocycles. The van der Waals surface area contributed by atoms with E-state index in [9.17, 15) is 22.8 Å². The van der Waals surface area contributed by atoms with E-state index in [0.717, 1.165) is 17.7 Å². The summed E-state index contributed by atoms with van der Waals surface area (Å²) in [5.41, 5.74) is 1.05. The van der Waals surface area contributed by atoms with Gasteiger partial charge in [0, 0.05) is 24.1 Å². The van der Waals surface area contributed by atoms with Gasteiger partial charge >= 0.3 is 6.18 Å². The van der Waals surface area contributed by atoms with Crippen LogP contribution < -0.4 is 5.56 Å². The van der Waals surface area contributed by atoms with Crippen LogP contribution in [0.1, 0.15) is 63.2 Å². The number of aromatic nitrogens is 2. The van der Waals surface area contributed by atoms with Crippen LogP contribution in [0.3, 0.4) is 0 Å². The minimum absolute atomic E-state index is 0.131. The number of para-hydroxylation sites is 1. The third-order valence-electron chi connectivity index (χ3n) is 6.99. The Balaban J connectivity index is 1.76. The van der Waals surface area contributed by atoms with Crippen molar-refractivity contribution in [2.24, 2.45) is 5.41 Å². The molecule has 0 saturated heterocycles. The molecule has 44 heavy (non-hydrogen) atoms. The first kappa shape index (κ1) is 32.5. The average Bonchev–Trinajstić information content (AvgIpc) is 2.98. The maximum Gasteiger partial charge on any atom is 0.416 e. The smallest absolute Gasteiger partial charge is 0.380 e. The van der Waals surface area contributed by atoms with E-state index in [0.29, 0.717) is 34.6 Å². The second kappa shape index (κ2) is 13.5. The summed E-state index contributed by atoms with van der Waals surface area (Å²) < 4.78 is 46.3. The van der Waals surface area contributed by atoms with Gasteiger partial charge in [-0.2, -0.15) is 13.2 Å². The number of fused-ring (bicyclic) bond motifs is 1. The number of nitrogens with zero attached hydrogens (tertiary/aromatic N) is 3. The van der Waals surface area contributed by atoms with Crippen molar-refractivity contribution < 1.29 is 22.7 Å². The molecule has 0 fully saturated rings. The average molecular weight is 604 g/mol. The zero-order chi connectivity index (χ0) is 32.1. The van der Waals surface area contributed by atoms with Crippen molar-refractivity contribution in [2.75, 3.05) is 19.8 Å². The first-order valence-electron chi connectivity index (χ1n) is 14.5. The van der Waals surface area contributed by atoms with E-state index in [-0.39, 0.29) is 36.5 Å². The molecule has 0 N–H and O–H groups in total. The summed E-state index contributed by atoms with van der Waals surface area (Å²) in [7, 11) is 0. The van der Waals surface area contributed by atoms with Crippen molar-refractivity contribution >= 4 is 16.8 Å². The van der Waals surface area contributed by atoms with Crippen LogP contribution in [-0.2, 0) is 22.1 Å². The molecule has 1 atom stereocenters. The standard InChI is InChI=1S/C35H36F3N3O3/c1-6-44-22-21-40(31(42)23-26-11-15-27(16-12-26)35(36,37)38)24(2)32-39-30-10-8-7-9-29(30)33(43)41(32)28-17-13-25(14-18-28)19-20-34(3,4)5/h7-18,24H,6,21-23H2,1-5H3. The van der Waals surface area contributed by atoms with Crippen LogP contribution in [0.25, 0.3) is 16.6 Å². The van der Waals surface area contributed by atoms with Crippen molar-refractivity contribution in [1.82, 2.24) is 14.5 Å². The van der Waals surface area contributed by atoms with Crippen LogP contribution in [0, 0.1) is 17.3 Å². The number of benzene rings is 3. The lowest BCUT2D eigenvalue weighted by atomic mass is 9.97. The number of ether oxygens (including phenoxy) is 1. The van der Waals surface area contributed by atoms with Gasteiger partial charge in [-0.25, -0.2) is 4.98 Å². The summed E-state index contributed by atoms with van der Waals surface area (Å²) in [5.74, 6) is 6.37. The summed E-state index contributed by atoms with van der Waals surface area (Å²) in [4.78, 5) is 34.1. The Morgan fingerprint density at radius 2 is 1.66 bits per heavy atom. The molecule has 9 heteroatoms. The lowest BCUT2D eigenvalue weighted by molar-refractivity contribution is -0.137. The molecule has 0 bridgehead atoms. The summed E-state index contributed by atoms with van der Waals surface area (Å²) in [5, 5.41) is 0.428. The topological polar surface area (TPSA) is 64.4 Å². The fourth-order valence-corrected chi connectivity index (χ4v) is 4.70. The molecular formula is C35H36F3N3O3. The van der Waals surface area contributed by atoms with Gasteiger partial charge in [0.2, 0.25) is 5.91 Å². The summed E-state index contributed by atoms with van der Waals surface area (Å²) in [6.45, 7) is 10.6. The minimum Gasteiger partial charge on any atom is -0.380 e. The Hall–Kier alpha value is -4.42. The predicted octanol–water partition coefficient (Wildman–Crippen LogP) is 6.97. The van der Waals surface area contributed by atoms with E-state index in [2.05, 4.69) is 11.8 Å². The fraction of sp³-hybridized carbons (Fsp3) is 0.343. The van der Waals surface area contributed by atoms with Gasteiger partial charge in [0.25, 0.3) is 5.56 Å². The van der Waals surface area contributed by atoms with Crippen molar-refractivity contribution in [2.45, 2.75) is 53.3 Å². The van der Waals surface area contributed by atoms with Crippen molar-refractivity contribution in [3.63, 3.8) is 0 Å². The number of rotatable bonds is 9. The molecule has 0 aliphatic heterocycles. The first-order valence-corrected chi connectivity index (χ1v) is 14.5. The zero-order valence-corrected chi connectivity index (χ0v) is 25.5. The second-order valence-electron chi connectivity index (χ2n) is 11.5. The Labute approximate surface area is 255 Å². The second-order valence-corrected chi connectivity index (χ2v) is 11.5. The van der Waals surface area contributed by atoms with Crippen LogP contribution in [0.5, 0.6) is 0 Å². The Bertz CT molecular complexity index is 1730. The largest absolute Gasteiger partial charge is 0.416 e. The number of hydrogen-bond acceptors (Lipinski definition) is 4.